The van der Waals surface area contributed by atoms with Crippen LogP contribution in [0.1, 0.15) is 15.9 Å². The van der Waals surface area contributed by atoms with Crippen molar-refractivity contribution >= 4 is 11.6 Å². The molecule has 3 aromatic carbocycles. The Bertz CT molecular complexity index is 1230. The average molecular weight is 444 g/mol. The zero-order chi connectivity index (χ0) is 23.2. The predicted octanol–water partition coefficient (Wildman–Crippen LogP) is 4.88. The lowest BCUT2D eigenvalue weighted by atomic mass is 10.1. The van der Waals surface area contributed by atoms with Crippen LogP contribution in [0.15, 0.2) is 79.0 Å². The van der Waals surface area contributed by atoms with Crippen LogP contribution >= 0.6 is 0 Å². The van der Waals surface area contributed by atoms with Crippen molar-refractivity contribution < 1.29 is 19.0 Å². The minimum Gasteiger partial charge on any atom is -0.497 e. The molecule has 0 aliphatic rings. The summed E-state index contributed by atoms with van der Waals surface area (Å²) in [6, 6.07) is 22.7. The van der Waals surface area contributed by atoms with Gasteiger partial charge in [-0.3, -0.25) is 9.48 Å². The van der Waals surface area contributed by atoms with Crippen molar-refractivity contribution in [3.05, 3.63) is 90.1 Å². The second kappa shape index (κ2) is 9.91. The van der Waals surface area contributed by atoms with Crippen molar-refractivity contribution in [1.29, 1.82) is 0 Å². The van der Waals surface area contributed by atoms with E-state index in [2.05, 4.69) is 5.32 Å². The first-order valence-electron chi connectivity index (χ1n) is 10.4. The van der Waals surface area contributed by atoms with Crippen LogP contribution in [-0.2, 0) is 6.54 Å². The standard InChI is InChI=1S/C26H25N3O4/c1-31-21-12-9-19(10-13-21)25-22(17-29(28-25)16-18-7-5-4-6-8-18)26(30)27-20-11-14-23(32-2)24(15-20)33-3/h4-15,17H,16H2,1-3H3,(H,27,30). The Morgan fingerprint density at radius 3 is 2.27 bits per heavy atom. The van der Waals surface area contributed by atoms with E-state index in [9.17, 15) is 4.79 Å². The molecule has 1 aromatic heterocycles. The molecule has 168 valence electrons. The molecule has 7 heteroatoms. The minimum absolute atomic E-state index is 0.271. The van der Waals surface area contributed by atoms with Crippen LogP contribution < -0.4 is 19.5 Å². The van der Waals surface area contributed by atoms with Gasteiger partial charge in [-0.2, -0.15) is 5.10 Å². The number of aromatic nitrogens is 2. The fraction of sp³-hybridized carbons (Fsp3) is 0.154. The van der Waals surface area contributed by atoms with Gasteiger partial charge in [0.05, 0.1) is 33.4 Å². The molecule has 4 rings (SSSR count). The summed E-state index contributed by atoms with van der Waals surface area (Å²) >= 11 is 0. The summed E-state index contributed by atoms with van der Waals surface area (Å²) in [5.74, 6) is 1.58. The number of anilines is 1. The van der Waals surface area contributed by atoms with Crippen molar-refractivity contribution in [2.24, 2.45) is 0 Å². The zero-order valence-electron chi connectivity index (χ0n) is 18.7. The van der Waals surface area contributed by atoms with E-state index in [1.165, 1.54) is 0 Å². The Balaban J connectivity index is 1.68. The number of benzene rings is 3. The summed E-state index contributed by atoms with van der Waals surface area (Å²) in [7, 11) is 4.74. The number of rotatable bonds is 8. The van der Waals surface area contributed by atoms with E-state index < -0.39 is 0 Å². The Morgan fingerprint density at radius 1 is 0.879 bits per heavy atom. The number of hydrogen-bond acceptors (Lipinski definition) is 5. The quantitative estimate of drug-likeness (QED) is 0.420. The number of hydrogen-bond donors (Lipinski definition) is 1. The number of carbonyl (C=O) groups is 1. The molecule has 0 fully saturated rings. The summed E-state index contributed by atoms with van der Waals surface area (Å²) < 4.78 is 17.7. The number of nitrogens with zero attached hydrogens (tertiary/aromatic N) is 2. The summed E-state index contributed by atoms with van der Waals surface area (Å²) in [6.07, 6.45) is 1.77. The molecular formula is C26H25N3O4. The first kappa shape index (κ1) is 22.0. The highest BCUT2D eigenvalue weighted by atomic mass is 16.5. The third-order valence-electron chi connectivity index (χ3n) is 5.20. The summed E-state index contributed by atoms with van der Waals surface area (Å²) in [5.41, 5.74) is 3.56. The van der Waals surface area contributed by atoms with Gasteiger partial charge in [0.15, 0.2) is 11.5 Å². The van der Waals surface area contributed by atoms with Crippen LogP contribution in [0.3, 0.4) is 0 Å². The van der Waals surface area contributed by atoms with Crippen molar-refractivity contribution in [2.75, 3.05) is 26.6 Å². The van der Waals surface area contributed by atoms with Crippen LogP contribution in [0.4, 0.5) is 5.69 Å². The fourth-order valence-electron chi connectivity index (χ4n) is 3.51. The lowest BCUT2D eigenvalue weighted by Crippen LogP contribution is -2.12. The first-order valence-corrected chi connectivity index (χ1v) is 10.4. The lowest BCUT2D eigenvalue weighted by molar-refractivity contribution is 0.102. The summed E-state index contributed by atoms with van der Waals surface area (Å²) in [5, 5.41) is 7.67. The number of methoxy groups -OCH3 is 3. The first-order chi connectivity index (χ1) is 16.1. The third-order valence-corrected chi connectivity index (χ3v) is 5.20. The molecule has 7 nitrogen and oxygen atoms in total. The van der Waals surface area contributed by atoms with Crippen LogP contribution in [-0.4, -0.2) is 37.0 Å². The van der Waals surface area contributed by atoms with E-state index in [0.29, 0.717) is 35.0 Å². The molecule has 0 saturated carbocycles. The highest BCUT2D eigenvalue weighted by Crippen LogP contribution is 2.31. The number of carbonyl (C=O) groups excluding carboxylic acids is 1. The Morgan fingerprint density at radius 2 is 1.61 bits per heavy atom. The van der Waals surface area contributed by atoms with Gasteiger partial charge < -0.3 is 19.5 Å². The van der Waals surface area contributed by atoms with E-state index in [0.717, 1.165) is 16.9 Å². The maximum Gasteiger partial charge on any atom is 0.259 e. The van der Waals surface area contributed by atoms with Crippen LogP contribution in [0, 0.1) is 0 Å². The molecule has 0 spiro atoms. The lowest BCUT2D eigenvalue weighted by Gasteiger charge is -2.10. The molecule has 0 bridgehead atoms. The molecule has 33 heavy (non-hydrogen) atoms. The zero-order valence-corrected chi connectivity index (χ0v) is 18.7. The van der Waals surface area contributed by atoms with Gasteiger partial charge >= 0.3 is 0 Å². The number of ether oxygens (including phenoxy) is 3. The van der Waals surface area contributed by atoms with Gasteiger partial charge in [-0.15, -0.1) is 0 Å². The Kier molecular flexibility index (Phi) is 6.59. The molecule has 1 amide bonds. The van der Waals surface area contributed by atoms with Crippen molar-refractivity contribution in [2.45, 2.75) is 6.54 Å². The molecule has 0 atom stereocenters. The maximum absolute atomic E-state index is 13.3. The topological polar surface area (TPSA) is 74.6 Å². The van der Waals surface area contributed by atoms with E-state index in [1.807, 2.05) is 54.6 Å². The average Bonchev–Trinajstić information content (AvgIpc) is 3.28. The molecular weight excluding hydrogens is 418 g/mol. The normalized spacial score (nSPS) is 10.5. The van der Waals surface area contributed by atoms with Gasteiger partial charge in [0.2, 0.25) is 0 Å². The molecule has 1 heterocycles. The van der Waals surface area contributed by atoms with E-state index >= 15 is 0 Å². The SMILES string of the molecule is COc1ccc(-c2nn(Cc3ccccc3)cc2C(=O)Nc2ccc(OC)c(OC)c2)cc1. The fourth-order valence-corrected chi connectivity index (χ4v) is 3.51. The van der Waals surface area contributed by atoms with E-state index in [1.54, 1.807) is 50.4 Å². The third kappa shape index (κ3) is 4.98. The molecule has 4 aromatic rings. The molecule has 0 saturated heterocycles. The molecule has 0 unspecified atom stereocenters. The maximum atomic E-state index is 13.3. The second-order valence-corrected chi connectivity index (χ2v) is 7.33. The monoisotopic (exact) mass is 443 g/mol. The van der Waals surface area contributed by atoms with Crippen LogP contribution in [0.5, 0.6) is 17.2 Å². The second-order valence-electron chi connectivity index (χ2n) is 7.33. The smallest absolute Gasteiger partial charge is 0.259 e. The number of nitrogens with one attached hydrogen (secondary N) is 1. The van der Waals surface area contributed by atoms with E-state index in [-0.39, 0.29) is 5.91 Å². The van der Waals surface area contributed by atoms with E-state index in [4.69, 9.17) is 19.3 Å². The Labute approximate surface area is 192 Å². The van der Waals surface area contributed by atoms with Crippen molar-refractivity contribution in [3.63, 3.8) is 0 Å². The van der Waals surface area contributed by atoms with Crippen LogP contribution in [0.25, 0.3) is 11.3 Å². The largest absolute Gasteiger partial charge is 0.497 e. The van der Waals surface area contributed by atoms with Gasteiger partial charge in [-0.25, -0.2) is 0 Å². The molecule has 1 N–H and O–H groups in total. The Hall–Kier alpha value is -4.26. The molecule has 0 aliphatic heterocycles. The highest BCUT2D eigenvalue weighted by Gasteiger charge is 2.19. The highest BCUT2D eigenvalue weighted by molar-refractivity contribution is 6.08. The molecule has 0 radical (unpaired) electrons. The molecule has 0 aliphatic carbocycles. The number of amides is 1. The van der Waals surface area contributed by atoms with Crippen LogP contribution in [0.2, 0.25) is 0 Å². The van der Waals surface area contributed by atoms with Gasteiger partial charge in [0.25, 0.3) is 5.91 Å². The van der Waals surface area contributed by atoms with Gasteiger partial charge in [-0.05, 0) is 42.0 Å². The summed E-state index contributed by atoms with van der Waals surface area (Å²) in [4.78, 5) is 13.3. The summed E-state index contributed by atoms with van der Waals surface area (Å²) in [6.45, 7) is 0.549. The van der Waals surface area contributed by atoms with Gasteiger partial charge in [0, 0.05) is 23.5 Å². The van der Waals surface area contributed by atoms with Gasteiger partial charge in [-0.1, -0.05) is 30.3 Å². The van der Waals surface area contributed by atoms with Crippen molar-refractivity contribution in [3.8, 4) is 28.5 Å². The van der Waals surface area contributed by atoms with Crippen molar-refractivity contribution in [1.82, 2.24) is 9.78 Å². The van der Waals surface area contributed by atoms with Gasteiger partial charge in [0.1, 0.15) is 11.4 Å². The predicted molar refractivity (Wildman–Crippen MR) is 127 cm³/mol. The minimum atomic E-state index is -0.271.